The van der Waals surface area contributed by atoms with Crippen LogP contribution < -0.4 is 0 Å². The third-order valence-electron chi connectivity index (χ3n) is 5.03. The van der Waals surface area contributed by atoms with Crippen molar-refractivity contribution >= 4 is 16.8 Å². The molecule has 2 aromatic carbocycles. The van der Waals surface area contributed by atoms with Crippen molar-refractivity contribution in [1.29, 1.82) is 0 Å². The lowest BCUT2D eigenvalue weighted by atomic mass is 9.54. The van der Waals surface area contributed by atoms with Crippen LogP contribution in [0.5, 0.6) is 0 Å². The van der Waals surface area contributed by atoms with Crippen LogP contribution in [0.25, 0.3) is 0 Å². The Hall–Kier alpha value is -1.86. The first kappa shape index (κ1) is 12.8. The smallest absolute Gasteiger partial charge is 0.226 e. The third kappa shape index (κ3) is 1.61. The van der Waals surface area contributed by atoms with Crippen LogP contribution in [0.2, 0.25) is 0 Å². The first-order valence-electron chi connectivity index (χ1n) is 7.23. The zero-order valence-corrected chi connectivity index (χ0v) is 12.3. The quantitative estimate of drug-likeness (QED) is 0.590. The zero-order valence-electron chi connectivity index (χ0n) is 11.5. The average Bonchev–Trinajstić information content (AvgIpc) is 2.53. The van der Waals surface area contributed by atoms with E-state index in [0.29, 0.717) is 0 Å². The minimum absolute atomic E-state index is 0.0513. The Balaban J connectivity index is 2.06. The molecule has 2 bridgehead atoms. The van der Waals surface area contributed by atoms with E-state index in [-0.39, 0.29) is 28.9 Å². The highest BCUT2D eigenvalue weighted by Gasteiger charge is 2.50. The maximum Gasteiger partial charge on any atom is 0.226 e. The summed E-state index contributed by atoms with van der Waals surface area (Å²) >= 11 is 5.97. The van der Waals surface area contributed by atoms with Crippen LogP contribution in [0.15, 0.2) is 61.2 Å². The summed E-state index contributed by atoms with van der Waals surface area (Å²) < 4.78 is 0. The van der Waals surface area contributed by atoms with Gasteiger partial charge in [0.15, 0.2) is 0 Å². The second-order valence-electron chi connectivity index (χ2n) is 5.86. The molecule has 0 heterocycles. The largest absolute Gasteiger partial charge is 0.281 e. The Bertz CT molecular complexity index is 701. The first-order chi connectivity index (χ1) is 10.2. The van der Waals surface area contributed by atoms with Crippen LogP contribution in [0, 0.1) is 11.8 Å². The monoisotopic (exact) mass is 294 g/mol. The lowest BCUT2D eigenvalue weighted by molar-refractivity contribution is -0.117. The highest BCUT2D eigenvalue weighted by Crippen LogP contribution is 2.58. The van der Waals surface area contributed by atoms with Gasteiger partial charge in [-0.1, -0.05) is 54.6 Å². The maximum absolute atomic E-state index is 12.1. The van der Waals surface area contributed by atoms with Gasteiger partial charge in [-0.15, -0.1) is 6.58 Å². The lowest BCUT2D eigenvalue weighted by Crippen LogP contribution is -2.41. The molecular formula is C19H15ClO. The summed E-state index contributed by atoms with van der Waals surface area (Å²) in [6.45, 7) is 3.97. The molecule has 2 aromatic rings. The first-order valence-corrected chi connectivity index (χ1v) is 7.61. The molecule has 0 saturated heterocycles. The molecule has 0 N–H and O–H groups in total. The van der Waals surface area contributed by atoms with E-state index in [0.717, 1.165) is 0 Å². The predicted octanol–water partition coefficient (Wildman–Crippen LogP) is 4.46. The van der Waals surface area contributed by atoms with Crippen molar-refractivity contribution in [2.45, 2.75) is 11.8 Å². The van der Waals surface area contributed by atoms with Gasteiger partial charge in [0.2, 0.25) is 5.24 Å². The van der Waals surface area contributed by atoms with Crippen LogP contribution >= 0.6 is 11.6 Å². The molecule has 0 amide bonds. The molecule has 3 aliphatic carbocycles. The number of halogens is 1. The van der Waals surface area contributed by atoms with Crippen LogP contribution in [0.3, 0.4) is 0 Å². The van der Waals surface area contributed by atoms with E-state index in [4.69, 9.17) is 11.6 Å². The van der Waals surface area contributed by atoms with E-state index >= 15 is 0 Å². The molecule has 2 heteroatoms. The molecule has 0 aromatic heterocycles. The Labute approximate surface area is 129 Å². The van der Waals surface area contributed by atoms with Crippen molar-refractivity contribution in [3.63, 3.8) is 0 Å². The molecule has 0 radical (unpaired) electrons. The Morgan fingerprint density at radius 3 is 1.71 bits per heavy atom. The second-order valence-corrected chi connectivity index (χ2v) is 6.23. The van der Waals surface area contributed by atoms with Crippen molar-refractivity contribution in [1.82, 2.24) is 0 Å². The molecule has 104 valence electrons. The molecule has 21 heavy (non-hydrogen) atoms. The van der Waals surface area contributed by atoms with Gasteiger partial charge in [-0.25, -0.2) is 0 Å². The fraction of sp³-hybridized carbons (Fsp3) is 0.211. The Morgan fingerprint density at radius 1 is 0.905 bits per heavy atom. The van der Waals surface area contributed by atoms with Gasteiger partial charge in [0.05, 0.1) is 5.92 Å². The van der Waals surface area contributed by atoms with Crippen molar-refractivity contribution in [3.8, 4) is 0 Å². The summed E-state index contributed by atoms with van der Waals surface area (Å²) in [5, 5.41) is -0.251. The summed E-state index contributed by atoms with van der Waals surface area (Å²) in [4.78, 5) is 12.1. The van der Waals surface area contributed by atoms with Gasteiger partial charge in [0, 0.05) is 11.8 Å². The Morgan fingerprint density at radius 2 is 1.33 bits per heavy atom. The minimum atomic E-state index is -0.251. The SMILES string of the molecule is C=C[C@H]1C2c3ccccc3C(c3ccccc32)[C@@H]1C(=O)Cl. The van der Waals surface area contributed by atoms with Crippen LogP contribution in [-0.2, 0) is 4.79 Å². The van der Waals surface area contributed by atoms with Crippen molar-refractivity contribution < 1.29 is 4.79 Å². The molecule has 0 fully saturated rings. The molecule has 0 unspecified atom stereocenters. The fourth-order valence-electron chi connectivity index (χ4n) is 4.29. The molecular weight excluding hydrogens is 280 g/mol. The van der Waals surface area contributed by atoms with Gasteiger partial charge in [-0.3, -0.25) is 4.79 Å². The van der Waals surface area contributed by atoms with Crippen LogP contribution in [0.1, 0.15) is 34.1 Å². The molecule has 5 rings (SSSR count). The molecule has 3 aliphatic rings. The maximum atomic E-state index is 12.1. The number of allylic oxidation sites excluding steroid dienone is 1. The topological polar surface area (TPSA) is 17.1 Å². The van der Waals surface area contributed by atoms with Gasteiger partial charge < -0.3 is 0 Å². The van der Waals surface area contributed by atoms with E-state index in [1.165, 1.54) is 22.3 Å². The molecule has 0 saturated carbocycles. The number of rotatable bonds is 2. The standard InChI is InChI=1S/C19H15ClO/c1-2-11-16-12-7-3-5-9-14(12)17(18(11)19(20)21)15-10-6-4-8-13(15)16/h2-11,16-18H,1H2/t11-,16?,17?,18+/m0/s1. The van der Waals surface area contributed by atoms with E-state index in [1.807, 2.05) is 18.2 Å². The van der Waals surface area contributed by atoms with Gasteiger partial charge in [-0.05, 0) is 39.8 Å². The minimum Gasteiger partial charge on any atom is -0.281 e. The van der Waals surface area contributed by atoms with Gasteiger partial charge in [0.1, 0.15) is 0 Å². The predicted molar refractivity (Wildman–Crippen MR) is 84.6 cm³/mol. The van der Waals surface area contributed by atoms with E-state index in [9.17, 15) is 4.79 Å². The number of hydrogen-bond acceptors (Lipinski definition) is 1. The number of benzene rings is 2. The summed E-state index contributed by atoms with van der Waals surface area (Å²) in [7, 11) is 0. The van der Waals surface area contributed by atoms with Gasteiger partial charge in [0.25, 0.3) is 0 Å². The fourth-order valence-corrected chi connectivity index (χ4v) is 4.56. The van der Waals surface area contributed by atoms with Crippen LogP contribution in [-0.4, -0.2) is 5.24 Å². The highest BCUT2D eigenvalue weighted by atomic mass is 35.5. The normalized spacial score (nSPS) is 28.6. The highest BCUT2D eigenvalue weighted by molar-refractivity contribution is 6.64. The molecule has 0 spiro atoms. The zero-order chi connectivity index (χ0) is 14.6. The van der Waals surface area contributed by atoms with E-state index in [1.54, 1.807) is 0 Å². The van der Waals surface area contributed by atoms with Gasteiger partial charge >= 0.3 is 0 Å². The number of hydrogen-bond donors (Lipinski definition) is 0. The van der Waals surface area contributed by atoms with E-state index in [2.05, 4.69) is 43.0 Å². The summed E-state index contributed by atoms with van der Waals surface area (Å²) in [6.07, 6.45) is 1.91. The molecule has 2 atom stereocenters. The van der Waals surface area contributed by atoms with Crippen molar-refractivity contribution in [2.75, 3.05) is 0 Å². The van der Waals surface area contributed by atoms with Gasteiger partial charge in [-0.2, -0.15) is 0 Å². The van der Waals surface area contributed by atoms with E-state index < -0.39 is 0 Å². The Kier molecular flexibility index (Phi) is 2.80. The summed E-state index contributed by atoms with van der Waals surface area (Å²) in [6, 6.07) is 16.8. The third-order valence-corrected chi connectivity index (χ3v) is 5.28. The average molecular weight is 295 g/mol. The summed E-state index contributed by atoms with van der Waals surface area (Å²) in [5.41, 5.74) is 5.14. The molecule has 0 aliphatic heterocycles. The number of carbonyl (C=O) groups is 1. The number of fused-ring (bicyclic) bond motifs is 1. The lowest BCUT2D eigenvalue weighted by Gasteiger charge is -2.48. The second kappa shape index (κ2) is 4.57. The van der Waals surface area contributed by atoms with Crippen LogP contribution in [0.4, 0.5) is 0 Å². The van der Waals surface area contributed by atoms with Crippen molar-refractivity contribution in [3.05, 3.63) is 83.4 Å². The molecule has 1 nitrogen and oxygen atoms in total. The van der Waals surface area contributed by atoms with Crippen molar-refractivity contribution in [2.24, 2.45) is 11.8 Å². The summed E-state index contributed by atoms with van der Waals surface area (Å²) in [5.74, 6) is 0.103. The number of carbonyl (C=O) groups excluding carboxylic acids is 1.